The number of nitrogens with zero attached hydrogens (tertiary/aromatic N) is 1. The maximum atomic E-state index is 12.0. The van der Waals surface area contributed by atoms with Crippen molar-refractivity contribution in [2.75, 3.05) is 11.9 Å². The van der Waals surface area contributed by atoms with Crippen LogP contribution in [0.25, 0.3) is 0 Å². The molecule has 4 heteroatoms. The van der Waals surface area contributed by atoms with Crippen molar-refractivity contribution in [3.05, 3.63) is 59.2 Å². The van der Waals surface area contributed by atoms with Gasteiger partial charge >= 0.3 is 0 Å². The van der Waals surface area contributed by atoms with Crippen molar-refractivity contribution >= 4 is 11.6 Å². The van der Waals surface area contributed by atoms with Gasteiger partial charge in [-0.2, -0.15) is 5.26 Å². The van der Waals surface area contributed by atoms with Gasteiger partial charge in [-0.1, -0.05) is 12.1 Å². The summed E-state index contributed by atoms with van der Waals surface area (Å²) >= 11 is 0. The molecule has 2 aromatic carbocycles. The summed E-state index contributed by atoms with van der Waals surface area (Å²) in [5.74, 6) is 0.852. The Bertz CT molecular complexity index is 715. The first-order valence-corrected chi connectivity index (χ1v) is 6.79. The highest BCUT2D eigenvalue weighted by atomic mass is 16.5. The number of ether oxygens (including phenoxy) is 1. The van der Waals surface area contributed by atoms with Crippen LogP contribution in [0.1, 0.15) is 16.7 Å². The van der Waals surface area contributed by atoms with Crippen LogP contribution in [-0.2, 0) is 17.6 Å². The third-order valence-electron chi connectivity index (χ3n) is 3.42. The molecule has 0 spiro atoms. The van der Waals surface area contributed by atoms with Crippen LogP contribution in [0.5, 0.6) is 5.75 Å². The van der Waals surface area contributed by atoms with Gasteiger partial charge in [-0.15, -0.1) is 0 Å². The highest BCUT2D eigenvalue weighted by Crippen LogP contribution is 2.26. The Morgan fingerprint density at radius 2 is 2.05 bits per heavy atom. The predicted octanol–water partition coefficient (Wildman–Crippen LogP) is 2.67. The van der Waals surface area contributed by atoms with Crippen molar-refractivity contribution in [3.8, 4) is 11.8 Å². The molecule has 0 bridgehead atoms. The van der Waals surface area contributed by atoms with Crippen LogP contribution in [-0.4, -0.2) is 12.5 Å². The molecular formula is C17H14N2O2. The maximum Gasteiger partial charge on any atom is 0.228 e. The number of carbonyl (C=O) groups is 1. The van der Waals surface area contributed by atoms with Crippen LogP contribution in [0, 0.1) is 11.3 Å². The molecule has 0 aliphatic carbocycles. The number of benzene rings is 2. The summed E-state index contributed by atoms with van der Waals surface area (Å²) in [6.07, 6.45) is 1.23. The second-order valence-electron chi connectivity index (χ2n) is 4.95. The number of nitriles is 1. The number of hydrogen-bond donors (Lipinski definition) is 1. The smallest absolute Gasteiger partial charge is 0.228 e. The molecule has 4 nitrogen and oxygen atoms in total. The van der Waals surface area contributed by atoms with E-state index in [1.54, 1.807) is 24.3 Å². The summed E-state index contributed by atoms with van der Waals surface area (Å²) in [6, 6.07) is 14.7. The SMILES string of the molecule is N#Cc1ccc(NC(=O)Cc2ccc3c(c2)CCO3)cc1. The van der Waals surface area contributed by atoms with E-state index < -0.39 is 0 Å². The molecule has 0 fully saturated rings. The fraction of sp³-hybridized carbons (Fsp3) is 0.176. The van der Waals surface area contributed by atoms with Gasteiger partial charge in [0.15, 0.2) is 0 Å². The van der Waals surface area contributed by atoms with Crippen molar-refractivity contribution in [1.29, 1.82) is 5.26 Å². The first-order chi connectivity index (χ1) is 10.2. The highest BCUT2D eigenvalue weighted by molar-refractivity contribution is 5.92. The Kier molecular flexibility index (Phi) is 3.57. The molecule has 0 saturated heterocycles. The molecule has 2 aromatic rings. The summed E-state index contributed by atoms with van der Waals surface area (Å²) in [4.78, 5) is 12.0. The highest BCUT2D eigenvalue weighted by Gasteiger charge is 2.13. The van der Waals surface area contributed by atoms with Gasteiger partial charge in [-0.25, -0.2) is 0 Å². The van der Waals surface area contributed by atoms with Gasteiger partial charge in [0.25, 0.3) is 0 Å². The average molecular weight is 278 g/mol. The summed E-state index contributed by atoms with van der Waals surface area (Å²) in [5.41, 5.74) is 3.42. The zero-order valence-electron chi connectivity index (χ0n) is 11.4. The van der Waals surface area contributed by atoms with Crippen LogP contribution in [0.15, 0.2) is 42.5 Å². The number of nitrogens with one attached hydrogen (secondary N) is 1. The normalized spacial score (nSPS) is 12.1. The standard InChI is InChI=1S/C17H14N2O2/c18-11-12-1-4-15(5-2-12)19-17(20)10-13-3-6-16-14(9-13)7-8-21-16/h1-6,9H,7-8,10H2,(H,19,20). The lowest BCUT2D eigenvalue weighted by atomic mass is 10.1. The molecule has 1 aliphatic heterocycles. The maximum absolute atomic E-state index is 12.0. The minimum absolute atomic E-state index is 0.0708. The van der Waals surface area contributed by atoms with E-state index in [-0.39, 0.29) is 5.91 Å². The van der Waals surface area contributed by atoms with E-state index in [9.17, 15) is 4.79 Å². The first-order valence-electron chi connectivity index (χ1n) is 6.79. The summed E-state index contributed by atoms with van der Waals surface area (Å²) in [6.45, 7) is 0.718. The van der Waals surface area contributed by atoms with Crippen molar-refractivity contribution in [2.24, 2.45) is 0 Å². The Morgan fingerprint density at radius 3 is 2.81 bits per heavy atom. The molecule has 0 atom stereocenters. The number of fused-ring (bicyclic) bond motifs is 1. The molecule has 1 amide bonds. The van der Waals surface area contributed by atoms with Gasteiger partial charge in [0.2, 0.25) is 5.91 Å². The molecule has 0 aromatic heterocycles. The molecule has 1 aliphatic rings. The van der Waals surface area contributed by atoms with E-state index >= 15 is 0 Å². The van der Waals surface area contributed by atoms with Gasteiger partial charge in [0, 0.05) is 12.1 Å². The van der Waals surface area contributed by atoms with Gasteiger partial charge in [0.1, 0.15) is 5.75 Å². The summed E-state index contributed by atoms with van der Waals surface area (Å²) in [5, 5.41) is 11.6. The molecule has 104 valence electrons. The Labute approximate surface area is 123 Å². The number of rotatable bonds is 3. The summed E-state index contributed by atoms with van der Waals surface area (Å²) in [7, 11) is 0. The van der Waals surface area contributed by atoms with E-state index in [0.717, 1.165) is 24.3 Å². The second-order valence-corrected chi connectivity index (χ2v) is 4.95. The lowest BCUT2D eigenvalue weighted by Gasteiger charge is -2.06. The predicted molar refractivity (Wildman–Crippen MR) is 79.1 cm³/mol. The van der Waals surface area contributed by atoms with Crippen LogP contribution in [0.3, 0.4) is 0 Å². The number of amides is 1. The monoisotopic (exact) mass is 278 g/mol. The van der Waals surface area contributed by atoms with E-state index in [2.05, 4.69) is 5.32 Å². The molecule has 0 unspecified atom stereocenters. The fourth-order valence-electron chi connectivity index (χ4n) is 2.37. The minimum Gasteiger partial charge on any atom is -0.493 e. The van der Waals surface area contributed by atoms with Gasteiger partial charge < -0.3 is 10.1 Å². The zero-order valence-corrected chi connectivity index (χ0v) is 11.4. The zero-order chi connectivity index (χ0) is 14.7. The van der Waals surface area contributed by atoms with Gasteiger partial charge in [-0.05, 0) is 41.5 Å². The van der Waals surface area contributed by atoms with Crippen molar-refractivity contribution in [3.63, 3.8) is 0 Å². The molecule has 0 saturated carbocycles. The lowest BCUT2D eigenvalue weighted by Crippen LogP contribution is -2.14. The molecule has 1 heterocycles. The summed E-state index contributed by atoms with van der Waals surface area (Å²) < 4.78 is 5.45. The van der Waals surface area contributed by atoms with Crippen molar-refractivity contribution < 1.29 is 9.53 Å². The molecular weight excluding hydrogens is 264 g/mol. The number of hydrogen-bond acceptors (Lipinski definition) is 3. The molecule has 1 N–H and O–H groups in total. The average Bonchev–Trinajstić information content (AvgIpc) is 2.95. The topological polar surface area (TPSA) is 62.1 Å². The molecule has 3 rings (SSSR count). The van der Waals surface area contributed by atoms with Crippen molar-refractivity contribution in [1.82, 2.24) is 0 Å². The first kappa shape index (κ1) is 13.2. The van der Waals surface area contributed by atoms with E-state index in [4.69, 9.17) is 10.00 Å². The fourth-order valence-corrected chi connectivity index (χ4v) is 2.37. The minimum atomic E-state index is -0.0708. The largest absolute Gasteiger partial charge is 0.493 e. The second kappa shape index (κ2) is 5.68. The van der Waals surface area contributed by atoms with Gasteiger partial charge in [-0.3, -0.25) is 4.79 Å². The van der Waals surface area contributed by atoms with E-state index in [1.807, 2.05) is 24.3 Å². The molecule has 21 heavy (non-hydrogen) atoms. The number of carbonyl (C=O) groups excluding carboxylic acids is 1. The van der Waals surface area contributed by atoms with Crippen LogP contribution in [0.2, 0.25) is 0 Å². The van der Waals surface area contributed by atoms with Crippen LogP contribution < -0.4 is 10.1 Å². The van der Waals surface area contributed by atoms with Crippen molar-refractivity contribution in [2.45, 2.75) is 12.8 Å². The van der Waals surface area contributed by atoms with E-state index in [1.165, 1.54) is 5.56 Å². The van der Waals surface area contributed by atoms with Crippen LogP contribution in [0.4, 0.5) is 5.69 Å². The third-order valence-corrected chi connectivity index (χ3v) is 3.42. The third kappa shape index (κ3) is 3.03. The Morgan fingerprint density at radius 1 is 1.24 bits per heavy atom. The Hall–Kier alpha value is -2.80. The quantitative estimate of drug-likeness (QED) is 0.939. The molecule has 0 radical (unpaired) electrons. The lowest BCUT2D eigenvalue weighted by molar-refractivity contribution is -0.115. The van der Waals surface area contributed by atoms with E-state index in [0.29, 0.717) is 17.7 Å². The van der Waals surface area contributed by atoms with Gasteiger partial charge in [0.05, 0.1) is 24.7 Å². The van der Waals surface area contributed by atoms with Crippen LogP contribution >= 0.6 is 0 Å². The number of anilines is 1. The Balaban J connectivity index is 1.64.